The minimum absolute atomic E-state index is 0.0493. The molecule has 0 saturated carbocycles. The van der Waals surface area contributed by atoms with Crippen molar-refractivity contribution in [3.8, 4) is 5.75 Å². The molecule has 0 radical (unpaired) electrons. The maximum atomic E-state index is 13.5. The van der Waals surface area contributed by atoms with Gasteiger partial charge in [0.05, 0.1) is 18.6 Å². The average Bonchev–Trinajstić information content (AvgIpc) is 2.39. The Labute approximate surface area is 118 Å². The standard InChI is InChI=1S/C13H19FN2O3S/c1-19-13-5-4-11(7-12(13)14)16-20(17,18)9-10-3-2-6-15-8-10/h4-5,7,10,15-16H,2-3,6,8-9H2,1H3. The van der Waals surface area contributed by atoms with Crippen LogP contribution >= 0.6 is 0 Å². The molecule has 1 unspecified atom stereocenters. The van der Waals surface area contributed by atoms with Gasteiger partial charge in [0.2, 0.25) is 10.0 Å². The van der Waals surface area contributed by atoms with Gasteiger partial charge in [-0.25, -0.2) is 12.8 Å². The van der Waals surface area contributed by atoms with Crippen LogP contribution in [0.2, 0.25) is 0 Å². The third-order valence-electron chi connectivity index (χ3n) is 3.28. The molecule has 2 rings (SSSR count). The molecule has 0 aromatic heterocycles. The number of hydrogen-bond acceptors (Lipinski definition) is 4. The molecule has 0 spiro atoms. The van der Waals surface area contributed by atoms with Crippen molar-refractivity contribution in [2.24, 2.45) is 5.92 Å². The van der Waals surface area contributed by atoms with Crippen LogP contribution in [0.1, 0.15) is 12.8 Å². The molecule has 1 heterocycles. The molecule has 7 heteroatoms. The topological polar surface area (TPSA) is 67.4 Å². The van der Waals surface area contributed by atoms with E-state index in [0.29, 0.717) is 6.54 Å². The average molecular weight is 302 g/mol. The first-order valence-corrected chi connectivity index (χ1v) is 8.20. The summed E-state index contributed by atoms with van der Waals surface area (Å²) in [6, 6.07) is 4.00. The molecule has 0 amide bonds. The highest BCUT2D eigenvalue weighted by atomic mass is 32.2. The quantitative estimate of drug-likeness (QED) is 0.866. The zero-order chi connectivity index (χ0) is 14.6. The van der Waals surface area contributed by atoms with Gasteiger partial charge in [0.15, 0.2) is 11.6 Å². The Morgan fingerprint density at radius 1 is 1.50 bits per heavy atom. The second kappa shape index (κ2) is 6.41. The molecule has 1 aromatic carbocycles. The molecule has 5 nitrogen and oxygen atoms in total. The van der Waals surface area contributed by atoms with E-state index in [1.54, 1.807) is 0 Å². The van der Waals surface area contributed by atoms with Gasteiger partial charge in [-0.1, -0.05) is 0 Å². The highest BCUT2D eigenvalue weighted by Crippen LogP contribution is 2.22. The summed E-state index contributed by atoms with van der Waals surface area (Å²) < 4.78 is 44.8. The van der Waals surface area contributed by atoms with Crippen molar-refractivity contribution in [3.05, 3.63) is 24.0 Å². The number of methoxy groups -OCH3 is 1. The number of halogens is 1. The minimum atomic E-state index is -3.47. The largest absolute Gasteiger partial charge is 0.494 e. The number of rotatable bonds is 5. The van der Waals surface area contributed by atoms with Gasteiger partial charge in [0.25, 0.3) is 0 Å². The molecule has 0 aliphatic carbocycles. The summed E-state index contributed by atoms with van der Waals surface area (Å²) in [6.07, 6.45) is 1.88. The van der Waals surface area contributed by atoms with Crippen LogP contribution in [-0.2, 0) is 10.0 Å². The summed E-state index contributed by atoms with van der Waals surface area (Å²) in [4.78, 5) is 0. The first-order chi connectivity index (χ1) is 9.50. The molecule has 112 valence electrons. The maximum Gasteiger partial charge on any atom is 0.233 e. The molecular formula is C13H19FN2O3S. The first-order valence-electron chi connectivity index (χ1n) is 6.55. The van der Waals surface area contributed by atoms with Crippen LogP contribution < -0.4 is 14.8 Å². The Hall–Kier alpha value is -1.34. The van der Waals surface area contributed by atoms with E-state index in [-0.39, 0.29) is 23.1 Å². The molecule has 1 saturated heterocycles. The molecule has 2 N–H and O–H groups in total. The van der Waals surface area contributed by atoms with Crippen LogP contribution in [0.5, 0.6) is 5.75 Å². The normalized spacial score (nSPS) is 19.6. The lowest BCUT2D eigenvalue weighted by Crippen LogP contribution is -2.35. The minimum Gasteiger partial charge on any atom is -0.494 e. The van der Waals surface area contributed by atoms with Crippen LogP contribution in [0.25, 0.3) is 0 Å². The van der Waals surface area contributed by atoms with Crippen LogP contribution in [-0.4, -0.2) is 34.4 Å². The van der Waals surface area contributed by atoms with Crippen LogP contribution in [0.15, 0.2) is 18.2 Å². The van der Waals surface area contributed by atoms with E-state index in [1.807, 2.05) is 0 Å². The van der Waals surface area contributed by atoms with Gasteiger partial charge in [-0.15, -0.1) is 0 Å². The Kier molecular flexibility index (Phi) is 4.82. The van der Waals surface area contributed by atoms with Crippen LogP contribution in [0.3, 0.4) is 0 Å². The van der Waals surface area contributed by atoms with E-state index in [9.17, 15) is 12.8 Å². The summed E-state index contributed by atoms with van der Waals surface area (Å²) >= 11 is 0. The zero-order valence-corrected chi connectivity index (χ0v) is 12.2. The molecule has 1 aliphatic rings. The van der Waals surface area contributed by atoms with Crippen molar-refractivity contribution in [2.75, 3.05) is 30.7 Å². The maximum absolute atomic E-state index is 13.5. The van der Waals surface area contributed by atoms with Crippen LogP contribution in [0.4, 0.5) is 10.1 Å². The van der Waals surface area contributed by atoms with Gasteiger partial charge in [-0.2, -0.15) is 0 Å². The number of piperidine rings is 1. The number of ether oxygens (including phenoxy) is 1. The van der Waals surface area contributed by atoms with E-state index in [2.05, 4.69) is 10.0 Å². The highest BCUT2D eigenvalue weighted by Gasteiger charge is 2.21. The van der Waals surface area contributed by atoms with Crippen molar-refractivity contribution < 1.29 is 17.5 Å². The first kappa shape index (κ1) is 15.1. The molecule has 20 heavy (non-hydrogen) atoms. The van der Waals surface area contributed by atoms with Crippen molar-refractivity contribution >= 4 is 15.7 Å². The lowest BCUT2D eigenvalue weighted by molar-refractivity contribution is 0.386. The van der Waals surface area contributed by atoms with Crippen LogP contribution in [0, 0.1) is 11.7 Å². The number of sulfonamides is 1. The third-order valence-corrected chi connectivity index (χ3v) is 4.74. The molecular weight excluding hydrogens is 283 g/mol. The molecule has 0 bridgehead atoms. The van der Waals surface area contributed by atoms with Gasteiger partial charge in [-0.05, 0) is 44.0 Å². The Morgan fingerprint density at radius 3 is 2.90 bits per heavy atom. The molecule has 1 aromatic rings. The Balaban J connectivity index is 2.02. The lowest BCUT2D eigenvalue weighted by atomic mass is 10.0. The SMILES string of the molecule is COc1ccc(NS(=O)(=O)CC2CCCNC2)cc1F. The predicted octanol–water partition coefficient (Wildman–Crippen LogP) is 1.58. The van der Waals surface area contributed by atoms with E-state index in [4.69, 9.17) is 4.74 Å². The number of anilines is 1. The van der Waals surface area contributed by atoms with Gasteiger partial charge in [0, 0.05) is 6.07 Å². The van der Waals surface area contributed by atoms with Gasteiger partial charge < -0.3 is 10.1 Å². The van der Waals surface area contributed by atoms with E-state index < -0.39 is 15.8 Å². The van der Waals surface area contributed by atoms with Crippen molar-refractivity contribution in [3.63, 3.8) is 0 Å². The zero-order valence-electron chi connectivity index (χ0n) is 11.4. The fourth-order valence-electron chi connectivity index (χ4n) is 2.33. The highest BCUT2D eigenvalue weighted by molar-refractivity contribution is 7.92. The predicted molar refractivity (Wildman–Crippen MR) is 76.0 cm³/mol. The smallest absolute Gasteiger partial charge is 0.233 e. The van der Waals surface area contributed by atoms with Crippen molar-refractivity contribution in [1.29, 1.82) is 0 Å². The van der Waals surface area contributed by atoms with Crippen molar-refractivity contribution in [2.45, 2.75) is 12.8 Å². The van der Waals surface area contributed by atoms with E-state index in [0.717, 1.165) is 25.5 Å². The van der Waals surface area contributed by atoms with Gasteiger partial charge in [-0.3, -0.25) is 4.72 Å². The molecule has 1 atom stereocenters. The molecule has 1 fully saturated rings. The van der Waals surface area contributed by atoms with Crippen molar-refractivity contribution in [1.82, 2.24) is 5.32 Å². The number of hydrogen-bond donors (Lipinski definition) is 2. The van der Waals surface area contributed by atoms with Gasteiger partial charge >= 0.3 is 0 Å². The fourth-order valence-corrected chi connectivity index (χ4v) is 3.80. The third kappa shape index (κ3) is 4.08. The summed E-state index contributed by atoms with van der Waals surface area (Å²) in [5.41, 5.74) is 0.215. The van der Waals surface area contributed by atoms with E-state index in [1.165, 1.54) is 19.2 Å². The summed E-state index contributed by atoms with van der Waals surface area (Å²) in [5, 5.41) is 3.18. The van der Waals surface area contributed by atoms with Gasteiger partial charge in [0.1, 0.15) is 0 Å². The fraction of sp³-hybridized carbons (Fsp3) is 0.538. The lowest BCUT2D eigenvalue weighted by Gasteiger charge is -2.22. The Bertz CT molecular complexity index is 557. The molecule has 1 aliphatic heterocycles. The second-order valence-electron chi connectivity index (χ2n) is 4.95. The number of nitrogens with one attached hydrogen (secondary N) is 2. The second-order valence-corrected chi connectivity index (χ2v) is 6.71. The Morgan fingerprint density at radius 2 is 2.30 bits per heavy atom. The number of benzene rings is 1. The van der Waals surface area contributed by atoms with E-state index >= 15 is 0 Å². The summed E-state index contributed by atoms with van der Waals surface area (Å²) in [7, 11) is -2.11. The summed E-state index contributed by atoms with van der Waals surface area (Å²) in [5.74, 6) is -0.353. The monoisotopic (exact) mass is 302 g/mol. The summed E-state index contributed by atoms with van der Waals surface area (Å²) in [6.45, 7) is 1.64.